The third kappa shape index (κ3) is 4.45. The van der Waals surface area contributed by atoms with Crippen LogP contribution in [0.1, 0.15) is 24.8 Å². The van der Waals surface area contributed by atoms with Crippen molar-refractivity contribution in [2.45, 2.75) is 25.9 Å². The third-order valence-electron chi connectivity index (χ3n) is 3.90. The van der Waals surface area contributed by atoms with Gasteiger partial charge in [-0.3, -0.25) is 10.1 Å². The summed E-state index contributed by atoms with van der Waals surface area (Å²) >= 11 is 0. The number of nitro groups is 1. The number of hydrogen-bond acceptors (Lipinski definition) is 5. The first-order valence-corrected chi connectivity index (χ1v) is 8.10. The second-order valence-electron chi connectivity index (χ2n) is 5.77. The first-order chi connectivity index (χ1) is 11.7. The van der Waals surface area contributed by atoms with Crippen molar-refractivity contribution in [1.29, 1.82) is 0 Å². The fourth-order valence-electron chi connectivity index (χ4n) is 2.63. The lowest BCUT2D eigenvalue weighted by Gasteiger charge is -2.26. The van der Waals surface area contributed by atoms with Gasteiger partial charge in [-0.15, -0.1) is 5.06 Å². The molecule has 2 aromatic carbocycles. The molecule has 3 rings (SSSR count). The molecule has 1 aliphatic heterocycles. The summed E-state index contributed by atoms with van der Waals surface area (Å²) in [5.74, 6) is 1.49. The fourth-order valence-corrected chi connectivity index (χ4v) is 2.63. The average molecular weight is 328 g/mol. The van der Waals surface area contributed by atoms with Crippen molar-refractivity contribution in [3.63, 3.8) is 0 Å². The van der Waals surface area contributed by atoms with Gasteiger partial charge >= 0.3 is 0 Å². The smallest absolute Gasteiger partial charge is 0.269 e. The van der Waals surface area contributed by atoms with Gasteiger partial charge in [-0.25, -0.2) is 0 Å². The number of ether oxygens (including phenoxy) is 1. The highest BCUT2D eigenvalue weighted by molar-refractivity contribution is 5.35. The highest BCUT2D eigenvalue weighted by atomic mass is 16.7. The van der Waals surface area contributed by atoms with Crippen LogP contribution in [0.5, 0.6) is 11.5 Å². The number of piperidine rings is 1. The molecule has 0 saturated carbocycles. The van der Waals surface area contributed by atoms with Crippen LogP contribution in [0.15, 0.2) is 48.5 Å². The minimum Gasteiger partial charge on any atom is -0.489 e. The number of nitro benzene ring substituents is 1. The van der Waals surface area contributed by atoms with Crippen LogP contribution in [0.3, 0.4) is 0 Å². The Kier molecular flexibility index (Phi) is 5.28. The molecule has 126 valence electrons. The number of rotatable bonds is 6. The Balaban J connectivity index is 1.54. The summed E-state index contributed by atoms with van der Waals surface area (Å²) < 4.78 is 5.68. The lowest BCUT2D eigenvalue weighted by Crippen LogP contribution is -2.32. The van der Waals surface area contributed by atoms with Gasteiger partial charge in [-0.2, -0.15) is 0 Å². The Morgan fingerprint density at radius 2 is 1.71 bits per heavy atom. The van der Waals surface area contributed by atoms with E-state index in [0.29, 0.717) is 5.75 Å². The molecule has 0 aromatic heterocycles. The molecule has 0 amide bonds. The lowest BCUT2D eigenvalue weighted by molar-refractivity contribution is -0.384. The van der Waals surface area contributed by atoms with E-state index in [0.717, 1.165) is 24.4 Å². The van der Waals surface area contributed by atoms with E-state index >= 15 is 0 Å². The summed E-state index contributed by atoms with van der Waals surface area (Å²) in [4.78, 5) is 16.2. The van der Waals surface area contributed by atoms with E-state index in [9.17, 15) is 10.1 Å². The topological polar surface area (TPSA) is 64.8 Å². The van der Waals surface area contributed by atoms with Gasteiger partial charge in [0.15, 0.2) is 0 Å². The molecule has 0 aliphatic carbocycles. The van der Waals surface area contributed by atoms with E-state index in [1.54, 1.807) is 12.1 Å². The molecule has 1 fully saturated rings. The van der Waals surface area contributed by atoms with Gasteiger partial charge < -0.3 is 9.57 Å². The molecule has 1 aliphatic rings. The minimum absolute atomic E-state index is 0.0707. The van der Waals surface area contributed by atoms with Crippen LogP contribution in [0.4, 0.5) is 5.69 Å². The molecule has 6 heteroatoms. The van der Waals surface area contributed by atoms with Crippen LogP contribution in [0.25, 0.3) is 0 Å². The maximum atomic E-state index is 10.8. The molecule has 1 heterocycles. The first-order valence-electron chi connectivity index (χ1n) is 8.10. The van der Waals surface area contributed by atoms with Crippen LogP contribution in [0.2, 0.25) is 0 Å². The molecule has 0 atom stereocenters. The summed E-state index contributed by atoms with van der Waals surface area (Å²) in [6, 6.07) is 13.9. The average Bonchev–Trinajstić information content (AvgIpc) is 2.62. The van der Waals surface area contributed by atoms with Crippen LogP contribution in [0, 0.1) is 10.1 Å². The zero-order valence-corrected chi connectivity index (χ0v) is 13.4. The van der Waals surface area contributed by atoms with Crippen molar-refractivity contribution in [2.24, 2.45) is 0 Å². The highest BCUT2D eigenvalue weighted by Crippen LogP contribution is 2.21. The molecule has 0 unspecified atom stereocenters. The molecule has 0 N–H and O–H groups in total. The molecule has 24 heavy (non-hydrogen) atoms. The molecule has 0 bridgehead atoms. The maximum absolute atomic E-state index is 10.8. The van der Waals surface area contributed by atoms with Crippen LogP contribution < -0.4 is 9.57 Å². The van der Waals surface area contributed by atoms with Crippen molar-refractivity contribution in [2.75, 3.05) is 13.1 Å². The standard InChI is InChI=1S/C18H20N2O4/c21-20(22)16-6-4-5-15(13-16)14-23-17-7-9-18(10-8-17)24-19-11-2-1-3-12-19/h4-10,13H,1-3,11-12,14H2. The van der Waals surface area contributed by atoms with Crippen LogP contribution in [-0.2, 0) is 6.61 Å². The lowest BCUT2D eigenvalue weighted by atomic mass is 10.2. The molecule has 6 nitrogen and oxygen atoms in total. The highest BCUT2D eigenvalue weighted by Gasteiger charge is 2.11. The largest absolute Gasteiger partial charge is 0.489 e. The van der Waals surface area contributed by atoms with Crippen molar-refractivity contribution in [3.8, 4) is 11.5 Å². The summed E-state index contributed by atoms with van der Waals surface area (Å²) in [5, 5.41) is 12.8. The summed E-state index contributed by atoms with van der Waals surface area (Å²) in [5.41, 5.74) is 0.833. The van der Waals surface area contributed by atoms with E-state index in [-0.39, 0.29) is 12.3 Å². The van der Waals surface area contributed by atoms with Crippen molar-refractivity contribution < 1.29 is 14.5 Å². The van der Waals surface area contributed by atoms with Crippen LogP contribution in [-0.4, -0.2) is 23.1 Å². The Bertz CT molecular complexity index is 682. The SMILES string of the molecule is O=[N+]([O-])c1cccc(COc2ccc(ON3CCCCC3)cc2)c1. The van der Waals surface area contributed by atoms with Crippen LogP contribution >= 0.6 is 0 Å². The normalized spacial score (nSPS) is 15.0. The number of non-ortho nitro benzene ring substituents is 1. The Morgan fingerprint density at radius 1 is 1.00 bits per heavy atom. The minimum atomic E-state index is -0.407. The summed E-state index contributed by atoms with van der Waals surface area (Å²) in [7, 11) is 0. The quantitative estimate of drug-likeness (QED) is 0.593. The van der Waals surface area contributed by atoms with Crippen molar-refractivity contribution >= 4 is 5.69 Å². The summed E-state index contributed by atoms with van der Waals surface area (Å²) in [6.45, 7) is 2.21. The second-order valence-corrected chi connectivity index (χ2v) is 5.77. The first kappa shape index (κ1) is 16.3. The maximum Gasteiger partial charge on any atom is 0.269 e. The number of nitrogens with zero attached hydrogens (tertiary/aromatic N) is 2. The monoisotopic (exact) mass is 328 g/mol. The number of benzene rings is 2. The van der Waals surface area contributed by atoms with Gasteiger partial charge in [-0.05, 0) is 42.7 Å². The van der Waals surface area contributed by atoms with Gasteiger partial charge in [0.2, 0.25) is 0 Å². The van der Waals surface area contributed by atoms with E-state index in [2.05, 4.69) is 0 Å². The van der Waals surface area contributed by atoms with Gasteiger partial charge in [0.1, 0.15) is 18.1 Å². The van der Waals surface area contributed by atoms with Gasteiger partial charge in [0.25, 0.3) is 5.69 Å². The molecule has 2 aromatic rings. The molecule has 0 radical (unpaired) electrons. The summed E-state index contributed by atoms with van der Waals surface area (Å²) in [6.07, 6.45) is 3.61. The van der Waals surface area contributed by atoms with E-state index < -0.39 is 4.92 Å². The van der Waals surface area contributed by atoms with Crippen molar-refractivity contribution in [3.05, 3.63) is 64.2 Å². The van der Waals surface area contributed by atoms with E-state index in [4.69, 9.17) is 9.57 Å². The predicted molar refractivity (Wildman–Crippen MR) is 89.9 cm³/mol. The zero-order valence-electron chi connectivity index (χ0n) is 13.4. The van der Waals surface area contributed by atoms with E-state index in [1.165, 1.54) is 31.4 Å². The zero-order chi connectivity index (χ0) is 16.8. The van der Waals surface area contributed by atoms with Gasteiger partial charge in [0, 0.05) is 25.2 Å². The molecule has 1 saturated heterocycles. The predicted octanol–water partition coefficient (Wildman–Crippen LogP) is 3.95. The fraction of sp³-hybridized carbons (Fsp3) is 0.333. The number of hydroxylamine groups is 2. The van der Waals surface area contributed by atoms with Gasteiger partial charge in [-0.1, -0.05) is 18.6 Å². The number of hydrogen-bond donors (Lipinski definition) is 0. The Hall–Kier alpha value is -2.60. The third-order valence-corrected chi connectivity index (χ3v) is 3.90. The van der Waals surface area contributed by atoms with E-state index in [1.807, 2.05) is 29.3 Å². The molecule has 0 spiro atoms. The second kappa shape index (κ2) is 7.79. The Labute approximate surface area is 140 Å². The van der Waals surface area contributed by atoms with Gasteiger partial charge in [0.05, 0.1) is 4.92 Å². The molecular weight excluding hydrogens is 308 g/mol. The van der Waals surface area contributed by atoms with Crippen molar-refractivity contribution in [1.82, 2.24) is 5.06 Å². The molecular formula is C18H20N2O4. The Morgan fingerprint density at radius 3 is 2.42 bits per heavy atom.